The normalized spacial score (nSPS) is 18.1. The largest absolute Gasteiger partial charge is 0.374 e. The molecule has 19 heavy (non-hydrogen) atoms. The van der Waals surface area contributed by atoms with Gasteiger partial charge in [-0.3, -0.25) is 4.99 Å². The Kier molecular flexibility index (Phi) is 4.65. The van der Waals surface area contributed by atoms with Crippen LogP contribution in [0.3, 0.4) is 0 Å². The molecule has 3 heteroatoms. The van der Waals surface area contributed by atoms with E-state index in [4.69, 9.17) is 0 Å². The zero-order chi connectivity index (χ0) is 12.4. The van der Waals surface area contributed by atoms with Crippen LogP contribution in [-0.2, 0) is 6.42 Å². The Balaban J connectivity index is 0.00000133. The van der Waals surface area contributed by atoms with Crippen LogP contribution in [0.1, 0.15) is 37.3 Å². The topological polar surface area (TPSA) is 24.4 Å². The average molecular weight is 277 g/mol. The maximum Gasteiger partial charge on any atom is 0.100 e. The smallest absolute Gasteiger partial charge is 0.100 e. The fraction of sp³-hybridized carbons (Fsp3) is 0.438. The molecule has 1 aromatic rings. The van der Waals surface area contributed by atoms with Crippen molar-refractivity contribution in [2.24, 2.45) is 4.99 Å². The Labute approximate surface area is 121 Å². The summed E-state index contributed by atoms with van der Waals surface area (Å²) in [5.41, 5.74) is 5.96. The molecule has 1 N–H and O–H groups in total. The molecule has 0 atom stereocenters. The number of rotatable bonds is 2. The fourth-order valence-corrected chi connectivity index (χ4v) is 2.89. The summed E-state index contributed by atoms with van der Waals surface area (Å²) in [6.45, 7) is 4.34. The highest BCUT2D eigenvalue weighted by Gasteiger charge is 2.17. The minimum Gasteiger partial charge on any atom is -0.374 e. The van der Waals surface area contributed by atoms with Crippen molar-refractivity contribution in [3.05, 3.63) is 41.0 Å². The van der Waals surface area contributed by atoms with E-state index < -0.39 is 0 Å². The fourth-order valence-electron chi connectivity index (χ4n) is 2.89. The first-order valence-electron chi connectivity index (χ1n) is 6.88. The summed E-state index contributed by atoms with van der Waals surface area (Å²) in [5.74, 6) is 1.19. The minimum atomic E-state index is 0. The average Bonchev–Trinajstić information content (AvgIpc) is 2.43. The van der Waals surface area contributed by atoms with Crippen LogP contribution in [0.15, 0.2) is 34.8 Å². The SMILES string of the molecule is CC1=C(CC2=NCCCN2)CCc2ccccc21.Cl. The monoisotopic (exact) mass is 276 g/mol. The van der Waals surface area contributed by atoms with Crippen molar-refractivity contribution in [2.45, 2.75) is 32.6 Å². The van der Waals surface area contributed by atoms with Gasteiger partial charge in [-0.25, -0.2) is 0 Å². The number of nitrogens with zero attached hydrogens (tertiary/aromatic N) is 1. The van der Waals surface area contributed by atoms with Gasteiger partial charge in [0.05, 0.1) is 0 Å². The second-order valence-electron chi connectivity index (χ2n) is 5.17. The zero-order valence-corrected chi connectivity index (χ0v) is 12.2. The third-order valence-corrected chi connectivity index (χ3v) is 4.00. The molecular weight excluding hydrogens is 256 g/mol. The van der Waals surface area contributed by atoms with Crippen molar-refractivity contribution in [2.75, 3.05) is 13.1 Å². The first-order valence-corrected chi connectivity index (χ1v) is 6.88. The molecule has 0 unspecified atom stereocenters. The van der Waals surface area contributed by atoms with Gasteiger partial charge in [0.1, 0.15) is 5.84 Å². The van der Waals surface area contributed by atoms with E-state index >= 15 is 0 Å². The van der Waals surface area contributed by atoms with E-state index in [9.17, 15) is 0 Å². The second kappa shape index (κ2) is 6.25. The molecule has 1 aliphatic heterocycles. The van der Waals surface area contributed by atoms with E-state index in [2.05, 4.69) is 41.5 Å². The third kappa shape index (κ3) is 3.01. The van der Waals surface area contributed by atoms with Gasteiger partial charge in [-0.05, 0) is 42.9 Å². The summed E-state index contributed by atoms with van der Waals surface area (Å²) in [4.78, 5) is 4.59. The molecule has 0 amide bonds. The summed E-state index contributed by atoms with van der Waals surface area (Å²) >= 11 is 0. The molecule has 0 radical (unpaired) electrons. The Morgan fingerprint density at radius 2 is 2.05 bits per heavy atom. The van der Waals surface area contributed by atoms with Gasteiger partial charge >= 0.3 is 0 Å². The highest BCUT2D eigenvalue weighted by atomic mass is 35.5. The van der Waals surface area contributed by atoms with E-state index in [1.165, 1.54) is 41.8 Å². The highest BCUT2D eigenvalue weighted by Crippen LogP contribution is 2.32. The van der Waals surface area contributed by atoms with Gasteiger partial charge < -0.3 is 5.32 Å². The van der Waals surface area contributed by atoms with Crippen molar-refractivity contribution in [3.63, 3.8) is 0 Å². The summed E-state index contributed by atoms with van der Waals surface area (Å²) in [6.07, 6.45) is 4.55. The van der Waals surface area contributed by atoms with Crippen LogP contribution in [0.4, 0.5) is 0 Å². The van der Waals surface area contributed by atoms with Crippen molar-refractivity contribution in [1.82, 2.24) is 5.32 Å². The molecule has 1 aromatic carbocycles. The van der Waals surface area contributed by atoms with Gasteiger partial charge in [-0.2, -0.15) is 0 Å². The number of nitrogens with one attached hydrogen (secondary N) is 1. The molecule has 3 rings (SSSR count). The van der Waals surface area contributed by atoms with Gasteiger partial charge in [0.15, 0.2) is 0 Å². The van der Waals surface area contributed by atoms with Crippen LogP contribution in [0.25, 0.3) is 5.57 Å². The number of aryl methyl sites for hydroxylation is 1. The lowest BCUT2D eigenvalue weighted by atomic mass is 9.85. The van der Waals surface area contributed by atoms with Gasteiger partial charge in [-0.15, -0.1) is 12.4 Å². The number of aliphatic imine (C=N–C) groups is 1. The van der Waals surface area contributed by atoms with Gasteiger partial charge in [0.2, 0.25) is 0 Å². The van der Waals surface area contributed by atoms with E-state index in [-0.39, 0.29) is 12.4 Å². The minimum absolute atomic E-state index is 0. The molecule has 0 spiro atoms. The standard InChI is InChI=1S/C16H20N2.ClH/c1-12-14(11-16-17-9-4-10-18-16)8-7-13-5-2-3-6-15(12)13;/h2-3,5-6H,4,7-11H2,1H3,(H,17,18);1H. The predicted molar refractivity (Wildman–Crippen MR) is 84.1 cm³/mol. The lowest BCUT2D eigenvalue weighted by Gasteiger charge is -2.23. The van der Waals surface area contributed by atoms with Crippen LogP contribution in [0.5, 0.6) is 0 Å². The molecule has 0 saturated heterocycles. The number of benzene rings is 1. The van der Waals surface area contributed by atoms with Crippen LogP contribution >= 0.6 is 12.4 Å². The van der Waals surface area contributed by atoms with Crippen molar-refractivity contribution in [3.8, 4) is 0 Å². The number of allylic oxidation sites excluding steroid dienone is 1. The van der Waals surface area contributed by atoms with Crippen molar-refractivity contribution < 1.29 is 0 Å². The quantitative estimate of drug-likeness (QED) is 0.877. The molecule has 0 fully saturated rings. The lowest BCUT2D eigenvalue weighted by molar-refractivity contribution is 0.726. The Hall–Kier alpha value is -1.28. The van der Waals surface area contributed by atoms with E-state index in [1.807, 2.05) is 0 Å². The number of halogens is 1. The third-order valence-electron chi connectivity index (χ3n) is 4.00. The molecule has 1 heterocycles. The van der Waals surface area contributed by atoms with Gasteiger partial charge in [-0.1, -0.05) is 29.8 Å². The van der Waals surface area contributed by atoms with Crippen LogP contribution in [0, 0.1) is 0 Å². The first kappa shape index (κ1) is 14.1. The Morgan fingerprint density at radius 3 is 2.84 bits per heavy atom. The van der Waals surface area contributed by atoms with Crippen LogP contribution in [0.2, 0.25) is 0 Å². The van der Waals surface area contributed by atoms with E-state index in [0.29, 0.717) is 0 Å². The Bertz CT molecular complexity index is 517. The summed E-state index contributed by atoms with van der Waals surface area (Å²) in [5, 5.41) is 3.43. The molecule has 0 saturated carbocycles. The maximum atomic E-state index is 4.59. The predicted octanol–water partition coefficient (Wildman–Crippen LogP) is 3.61. The molecule has 0 bridgehead atoms. The summed E-state index contributed by atoms with van der Waals surface area (Å²) < 4.78 is 0. The molecular formula is C16H21ClN2. The molecule has 0 aromatic heterocycles. The van der Waals surface area contributed by atoms with Crippen LogP contribution in [-0.4, -0.2) is 18.9 Å². The maximum absolute atomic E-state index is 4.59. The lowest BCUT2D eigenvalue weighted by Crippen LogP contribution is -2.30. The second-order valence-corrected chi connectivity index (χ2v) is 5.17. The number of fused-ring (bicyclic) bond motifs is 1. The highest BCUT2D eigenvalue weighted by molar-refractivity contribution is 5.87. The number of amidine groups is 1. The van der Waals surface area contributed by atoms with Crippen molar-refractivity contribution in [1.29, 1.82) is 0 Å². The first-order chi connectivity index (χ1) is 8.84. The molecule has 2 aliphatic rings. The summed E-state index contributed by atoms with van der Waals surface area (Å²) in [6, 6.07) is 8.79. The van der Waals surface area contributed by atoms with Crippen molar-refractivity contribution >= 4 is 23.8 Å². The molecule has 102 valence electrons. The molecule has 1 aliphatic carbocycles. The van der Waals surface area contributed by atoms with Gasteiger partial charge in [0, 0.05) is 19.5 Å². The number of hydrogen-bond acceptors (Lipinski definition) is 2. The van der Waals surface area contributed by atoms with Gasteiger partial charge in [0.25, 0.3) is 0 Å². The number of hydrogen-bond donors (Lipinski definition) is 1. The Morgan fingerprint density at radius 1 is 1.21 bits per heavy atom. The zero-order valence-electron chi connectivity index (χ0n) is 11.4. The van der Waals surface area contributed by atoms with E-state index in [1.54, 1.807) is 5.57 Å². The molecule has 2 nitrogen and oxygen atoms in total. The van der Waals surface area contributed by atoms with Crippen LogP contribution < -0.4 is 5.32 Å². The van der Waals surface area contributed by atoms with E-state index in [0.717, 1.165) is 19.5 Å². The summed E-state index contributed by atoms with van der Waals surface area (Å²) in [7, 11) is 0.